The molecule has 0 spiro atoms. The highest BCUT2D eigenvalue weighted by atomic mass is 35.5. The van der Waals surface area contributed by atoms with Gasteiger partial charge in [0.2, 0.25) is 0 Å². The average molecular weight is 399 g/mol. The molecule has 1 aromatic carbocycles. The van der Waals surface area contributed by atoms with Gasteiger partial charge < -0.3 is 0 Å². The standard InChI is InChI=1S/C12H13Cl5S2/c1-2-3-4-5-12(18,19)6-7(13)9(15)11(17)10(16)8(6)14/h18-19H,2-5H2,1H3. The first-order valence-electron chi connectivity index (χ1n) is 5.70. The van der Waals surface area contributed by atoms with Crippen LogP contribution >= 0.6 is 83.3 Å². The van der Waals surface area contributed by atoms with Crippen LogP contribution in [0.15, 0.2) is 0 Å². The van der Waals surface area contributed by atoms with Crippen LogP contribution in [0.3, 0.4) is 0 Å². The van der Waals surface area contributed by atoms with Gasteiger partial charge in [-0.15, -0.1) is 0 Å². The Kier molecular flexibility index (Phi) is 7.35. The van der Waals surface area contributed by atoms with Crippen LogP contribution < -0.4 is 0 Å². The van der Waals surface area contributed by atoms with E-state index in [0.717, 1.165) is 19.3 Å². The molecule has 1 rings (SSSR count). The van der Waals surface area contributed by atoms with Crippen molar-refractivity contribution >= 4 is 83.3 Å². The zero-order valence-corrected chi connectivity index (χ0v) is 15.7. The van der Waals surface area contributed by atoms with E-state index in [1.165, 1.54) is 0 Å². The van der Waals surface area contributed by atoms with Gasteiger partial charge in [0.1, 0.15) is 0 Å². The molecule has 0 atom stereocenters. The van der Waals surface area contributed by atoms with E-state index in [1.807, 2.05) is 0 Å². The fourth-order valence-corrected chi connectivity index (χ4v) is 4.19. The van der Waals surface area contributed by atoms with Crippen molar-refractivity contribution in [2.75, 3.05) is 0 Å². The highest BCUT2D eigenvalue weighted by Gasteiger charge is 2.32. The lowest BCUT2D eigenvalue weighted by Gasteiger charge is -2.27. The van der Waals surface area contributed by atoms with Crippen molar-refractivity contribution in [2.45, 2.75) is 36.7 Å². The summed E-state index contributed by atoms with van der Waals surface area (Å²) in [5.74, 6) is 0. The van der Waals surface area contributed by atoms with E-state index in [0.29, 0.717) is 12.0 Å². The minimum atomic E-state index is -0.804. The monoisotopic (exact) mass is 396 g/mol. The van der Waals surface area contributed by atoms with Crippen molar-refractivity contribution in [3.05, 3.63) is 30.7 Å². The van der Waals surface area contributed by atoms with E-state index < -0.39 is 4.08 Å². The summed E-state index contributed by atoms with van der Waals surface area (Å²) >= 11 is 39.6. The molecular formula is C12H13Cl5S2. The van der Waals surface area contributed by atoms with Crippen molar-refractivity contribution in [2.24, 2.45) is 0 Å². The zero-order valence-electron chi connectivity index (χ0n) is 10.1. The summed E-state index contributed by atoms with van der Waals surface area (Å²) in [5, 5.41) is 1.00. The summed E-state index contributed by atoms with van der Waals surface area (Å²) in [6.07, 6.45) is 3.82. The molecule has 108 valence electrons. The molecule has 0 aliphatic carbocycles. The summed E-state index contributed by atoms with van der Waals surface area (Å²) in [5.41, 5.74) is 0.512. The Labute approximate surface area is 149 Å². The van der Waals surface area contributed by atoms with E-state index in [2.05, 4.69) is 32.2 Å². The van der Waals surface area contributed by atoms with Gasteiger partial charge in [-0.25, -0.2) is 0 Å². The smallest absolute Gasteiger partial charge is 0.0832 e. The molecule has 0 aliphatic heterocycles. The van der Waals surface area contributed by atoms with Gasteiger partial charge in [0.25, 0.3) is 0 Å². The fourth-order valence-electron chi connectivity index (χ4n) is 1.70. The molecule has 0 radical (unpaired) electrons. The lowest BCUT2D eigenvalue weighted by atomic mass is 10.0. The Balaban J connectivity index is 3.26. The third kappa shape index (κ3) is 4.18. The second-order valence-corrected chi connectivity index (χ2v) is 7.99. The third-order valence-corrected chi connectivity index (χ3v) is 5.91. The topological polar surface area (TPSA) is 0 Å². The maximum Gasteiger partial charge on any atom is 0.0832 e. The molecule has 0 fully saturated rings. The first-order chi connectivity index (χ1) is 8.74. The van der Waals surface area contributed by atoms with Gasteiger partial charge in [0.15, 0.2) is 0 Å². The molecule has 0 aromatic heterocycles. The molecular weight excluding hydrogens is 386 g/mol. The Bertz CT molecular complexity index is 445. The molecule has 1 aromatic rings. The van der Waals surface area contributed by atoms with Crippen LogP contribution in [0.1, 0.15) is 38.2 Å². The molecule has 7 heteroatoms. The van der Waals surface area contributed by atoms with E-state index >= 15 is 0 Å². The summed E-state index contributed by atoms with van der Waals surface area (Å²) in [6.45, 7) is 2.12. The van der Waals surface area contributed by atoms with Crippen molar-refractivity contribution < 1.29 is 0 Å². The highest BCUT2D eigenvalue weighted by molar-refractivity contribution is 7.99. The first-order valence-corrected chi connectivity index (χ1v) is 8.49. The molecule has 0 bridgehead atoms. The Morgan fingerprint density at radius 2 is 1.21 bits per heavy atom. The Morgan fingerprint density at radius 1 is 0.789 bits per heavy atom. The minimum Gasteiger partial charge on any atom is -0.157 e. The van der Waals surface area contributed by atoms with Crippen LogP contribution in [0, 0.1) is 0 Å². The number of benzene rings is 1. The number of rotatable bonds is 5. The van der Waals surface area contributed by atoms with Crippen LogP contribution in [-0.4, -0.2) is 0 Å². The van der Waals surface area contributed by atoms with Gasteiger partial charge in [-0.05, 0) is 6.42 Å². The van der Waals surface area contributed by atoms with Crippen molar-refractivity contribution in [3.63, 3.8) is 0 Å². The van der Waals surface area contributed by atoms with Gasteiger partial charge in [-0.3, -0.25) is 0 Å². The number of hydrogen-bond acceptors (Lipinski definition) is 2. The molecule has 0 saturated carbocycles. The third-order valence-electron chi connectivity index (χ3n) is 2.74. The molecule has 0 saturated heterocycles. The molecule has 0 amide bonds. The second kappa shape index (κ2) is 7.58. The number of thiol groups is 2. The summed E-state index contributed by atoms with van der Waals surface area (Å²) < 4.78 is -0.804. The van der Waals surface area contributed by atoms with Crippen molar-refractivity contribution in [1.29, 1.82) is 0 Å². The van der Waals surface area contributed by atoms with Crippen LogP contribution in [0.5, 0.6) is 0 Å². The predicted octanol–water partition coefficient (Wildman–Crippen LogP) is 7.55. The highest BCUT2D eigenvalue weighted by Crippen LogP contribution is 2.52. The van der Waals surface area contributed by atoms with Crippen LogP contribution in [0.2, 0.25) is 25.1 Å². The quantitative estimate of drug-likeness (QED) is 0.165. The number of unbranched alkanes of at least 4 members (excludes halogenated alkanes) is 2. The van der Waals surface area contributed by atoms with Gasteiger partial charge >= 0.3 is 0 Å². The van der Waals surface area contributed by atoms with E-state index in [1.54, 1.807) is 0 Å². The Morgan fingerprint density at radius 3 is 1.63 bits per heavy atom. The van der Waals surface area contributed by atoms with Crippen LogP contribution in [0.4, 0.5) is 0 Å². The molecule has 0 N–H and O–H groups in total. The zero-order chi connectivity index (χ0) is 14.8. The van der Waals surface area contributed by atoms with Crippen LogP contribution in [-0.2, 0) is 4.08 Å². The van der Waals surface area contributed by atoms with Gasteiger partial charge in [-0.2, -0.15) is 25.3 Å². The summed E-state index contributed by atoms with van der Waals surface area (Å²) in [7, 11) is 0. The molecule has 19 heavy (non-hydrogen) atoms. The van der Waals surface area contributed by atoms with E-state index in [4.69, 9.17) is 58.0 Å². The van der Waals surface area contributed by atoms with Gasteiger partial charge in [0.05, 0.1) is 29.2 Å². The summed E-state index contributed by atoms with van der Waals surface area (Å²) in [6, 6.07) is 0. The lowest BCUT2D eigenvalue weighted by molar-refractivity contribution is 0.641. The number of hydrogen-bond donors (Lipinski definition) is 2. The normalized spacial score (nSPS) is 12.0. The van der Waals surface area contributed by atoms with E-state index in [-0.39, 0.29) is 25.1 Å². The maximum atomic E-state index is 6.22. The Hall–Kier alpha value is 1.37. The molecule has 0 heterocycles. The van der Waals surface area contributed by atoms with Gasteiger partial charge in [-0.1, -0.05) is 84.2 Å². The maximum absolute atomic E-state index is 6.22. The van der Waals surface area contributed by atoms with E-state index in [9.17, 15) is 0 Å². The van der Waals surface area contributed by atoms with Gasteiger partial charge in [0, 0.05) is 5.56 Å². The molecule has 0 nitrogen and oxygen atoms in total. The summed E-state index contributed by atoms with van der Waals surface area (Å²) in [4.78, 5) is 0. The first kappa shape index (κ1) is 18.4. The SMILES string of the molecule is CCCCCC(S)(S)c1c(Cl)c(Cl)c(Cl)c(Cl)c1Cl. The average Bonchev–Trinajstić information content (AvgIpc) is 2.34. The predicted molar refractivity (Wildman–Crippen MR) is 95.3 cm³/mol. The second-order valence-electron chi connectivity index (χ2n) is 4.22. The largest absolute Gasteiger partial charge is 0.157 e. The van der Waals surface area contributed by atoms with Crippen molar-refractivity contribution in [3.8, 4) is 0 Å². The number of halogens is 5. The minimum absolute atomic E-state index is 0.146. The molecule has 0 aliphatic rings. The molecule has 0 unspecified atom stereocenters. The lowest BCUT2D eigenvalue weighted by Crippen LogP contribution is -2.13. The van der Waals surface area contributed by atoms with Crippen molar-refractivity contribution in [1.82, 2.24) is 0 Å². The van der Waals surface area contributed by atoms with Crippen LogP contribution in [0.25, 0.3) is 0 Å². The fraction of sp³-hybridized carbons (Fsp3) is 0.500.